The summed E-state index contributed by atoms with van der Waals surface area (Å²) in [6.07, 6.45) is 1.02. The minimum absolute atomic E-state index is 0.0379. The predicted molar refractivity (Wildman–Crippen MR) is 108 cm³/mol. The van der Waals surface area contributed by atoms with Crippen LogP contribution in [0.2, 0.25) is 0 Å². The lowest BCUT2D eigenvalue weighted by molar-refractivity contribution is 0.0925. The Kier molecular flexibility index (Phi) is 6.51. The molecule has 1 aliphatic heterocycles. The van der Waals surface area contributed by atoms with Crippen molar-refractivity contribution < 1.29 is 9.53 Å². The highest BCUT2D eigenvalue weighted by Crippen LogP contribution is 2.26. The van der Waals surface area contributed by atoms with Gasteiger partial charge in [0.15, 0.2) is 0 Å². The molecule has 4 nitrogen and oxygen atoms in total. The number of benzene rings is 1. The highest BCUT2D eigenvalue weighted by atomic mass is 32.2. The number of aromatic nitrogens is 1. The topological polar surface area (TPSA) is 51.2 Å². The molecule has 2 atom stereocenters. The second-order valence-electron chi connectivity index (χ2n) is 6.57. The van der Waals surface area contributed by atoms with Crippen LogP contribution in [0.3, 0.4) is 0 Å². The zero-order valence-corrected chi connectivity index (χ0v) is 16.8. The fraction of sp³-hybridized carbons (Fsp3) is 0.400. The number of amides is 1. The average molecular weight is 389 g/mol. The summed E-state index contributed by atoms with van der Waals surface area (Å²) in [6, 6.07) is 7.75. The van der Waals surface area contributed by atoms with Crippen LogP contribution in [0, 0.1) is 12.8 Å². The van der Waals surface area contributed by atoms with Crippen molar-refractivity contribution in [3.05, 3.63) is 58.1 Å². The summed E-state index contributed by atoms with van der Waals surface area (Å²) in [5, 5.41) is 6.21. The highest BCUT2D eigenvalue weighted by molar-refractivity contribution is 7.98. The molecule has 0 saturated carbocycles. The van der Waals surface area contributed by atoms with E-state index in [0.717, 1.165) is 40.0 Å². The fourth-order valence-corrected chi connectivity index (χ4v) is 4.56. The van der Waals surface area contributed by atoms with Crippen LogP contribution in [0.1, 0.15) is 34.4 Å². The van der Waals surface area contributed by atoms with Crippen molar-refractivity contribution in [2.75, 3.05) is 13.2 Å². The van der Waals surface area contributed by atoms with Crippen molar-refractivity contribution in [3.63, 3.8) is 0 Å². The van der Waals surface area contributed by atoms with Gasteiger partial charge in [0, 0.05) is 40.7 Å². The zero-order valence-electron chi connectivity index (χ0n) is 15.2. The molecule has 26 heavy (non-hydrogen) atoms. The van der Waals surface area contributed by atoms with Crippen LogP contribution in [-0.2, 0) is 10.5 Å². The van der Waals surface area contributed by atoms with E-state index in [1.807, 2.05) is 38.1 Å². The van der Waals surface area contributed by atoms with E-state index >= 15 is 0 Å². The molecule has 1 aromatic carbocycles. The van der Waals surface area contributed by atoms with E-state index in [1.165, 1.54) is 0 Å². The molecular weight excluding hydrogens is 364 g/mol. The van der Waals surface area contributed by atoms with Crippen molar-refractivity contribution in [2.45, 2.75) is 37.0 Å². The van der Waals surface area contributed by atoms with Gasteiger partial charge in [-0.25, -0.2) is 4.98 Å². The minimum Gasteiger partial charge on any atom is -0.374 e. The van der Waals surface area contributed by atoms with Crippen LogP contribution in [-0.4, -0.2) is 30.1 Å². The Morgan fingerprint density at radius 1 is 1.42 bits per heavy atom. The Morgan fingerprint density at radius 3 is 2.85 bits per heavy atom. The Hall–Kier alpha value is -1.63. The van der Waals surface area contributed by atoms with Crippen molar-refractivity contribution in [1.82, 2.24) is 10.3 Å². The number of ether oxygens (including phenoxy) is 1. The van der Waals surface area contributed by atoms with E-state index in [9.17, 15) is 4.79 Å². The van der Waals surface area contributed by atoms with E-state index in [2.05, 4.69) is 22.3 Å². The quantitative estimate of drug-likeness (QED) is 0.562. The maximum atomic E-state index is 12.4. The highest BCUT2D eigenvalue weighted by Gasteiger charge is 2.28. The van der Waals surface area contributed by atoms with Gasteiger partial charge >= 0.3 is 0 Å². The van der Waals surface area contributed by atoms with E-state index in [4.69, 9.17) is 4.74 Å². The first-order valence-electron chi connectivity index (χ1n) is 8.72. The average Bonchev–Trinajstić information content (AvgIpc) is 3.27. The lowest BCUT2D eigenvalue weighted by atomic mass is 9.97. The van der Waals surface area contributed by atoms with Gasteiger partial charge in [-0.1, -0.05) is 12.2 Å². The lowest BCUT2D eigenvalue weighted by Gasteiger charge is -2.19. The van der Waals surface area contributed by atoms with Crippen LogP contribution in [0.5, 0.6) is 0 Å². The van der Waals surface area contributed by atoms with E-state index in [0.29, 0.717) is 18.0 Å². The van der Waals surface area contributed by atoms with Gasteiger partial charge in [0.1, 0.15) is 0 Å². The molecule has 138 valence electrons. The number of carbonyl (C=O) groups is 1. The molecular formula is C20H24N2O2S2. The lowest BCUT2D eigenvalue weighted by Crippen LogP contribution is -2.33. The molecule has 2 heterocycles. The molecule has 1 aromatic heterocycles. The minimum atomic E-state index is -0.0379. The maximum Gasteiger partial charge on any atom is 0.251 e. The molecule has 0 bridgehead atoms. The second kappa shape index (κ2) is 8.84. The molecule has 2 aromatic rings. The van der Waals surface area contributed by atoms with Gasteiger partial charge in [0.05, 0.1) is 16.8 Å². The Bertz CT molecular complexity index is 770. The third-order valence-electron chi connectivity index (χ3n) is 4.39. The van der Waals surface area contributed by atoms with Gasteiger partial charge in [-0.05, 0) is 44.5 Å². The number of carbonyl (C=O) groups excluding carboxylic acids is 1. The van der Waals surface area contributed by atoms with Crippen molar-refractivity contribution >= 4 is 29.0 Å². The summed E-state index contributed by atoms with van der Waals surface area (Å²) in [7, 11) is 0. The van der Waals surface area contributed by atoms with Crippen LogP contribution in [0.4, 0.5) is 0 Å². The summed E-state index contributed by atoms with van der Waals surface area (Å²) in [6.45, 7) is 9.34. The number of nitrogens with one attached hydrogen (secondary N) is 1. The van der Waals surface area contributed by atoms with Gasteiger partial charge in [0.25, 0.3) is 5.91 Å². The third-order valence-corrected chi connectivity index (χ3v) is 6.26. The van der Waals surface area contributed by atoms with Gasteiger partial charge in [-0.3, -0.25) is 4.79 Å². The predicted octanol–water partition coefficient (Wildman–Crippen LogP) is 4.45. The number of hydrogen-bond acceptors (Lipinski definition) is 5. The third kappa shape index (κ3) is 4.96. The smallest absolute Gasteiger partial charge is 0.251 e. The monoisotopic (exact) mass is 388 g/mol. The van der Waals surface area contributed by atoms with Crippen molar-refractivity contribution in [1.29, 1.82) is 0 Å². The number of nitrogens with zero attached hydrogens (tertiary/aromatic N) is 1. The number of thioether (sulfide) groups is 1. The molecule has 3 rings (SSSR count). The fourth-order valence-electron chi connectivity index (χ4n) is 3.05. The molecule has 0 aliphatic carbocycles. The second-order valence-corrected chi connectivity index (χ2v) is 8.68. The molecule has 0 spiro atoms. The summed E-state index contributed by atoms with van der Waals surface area (Å²) in [5.41, 5.74) is 2.81. The summed E-state index contributed by atoms with van der Waals surface area (Å²) in [5.74, 6) is 1.12. The standard InChI is InChI=1S/C20H24N2O2S2/c1-13(2)19-16(8-9-24-19)10-21-20(23)15-4-6-18(7-5-15)26-12-17-11-25-14(3)22-17/h4-7,11,16,19H,1,8-10,12H2,2-3H3,(H,21,23)/t16-,19-/m1/s1. The zero-order chi connectivity index (χ0) is 18.5. The normalized spacial score (nSPS) is 19.5. The molecule has 1 N–H and O–H groups in total. The van der Waals surface area contributed by atoms with E-state index in [-0.39, 0.29) is 12.0 Å². The molecule has 1 fully saturated rings. The SMILES string of the molecule is C=C(C)[C@H]1OCC[C@@H]1CNC(=O)c1ccc(SCc2csc(C)n2)cc1. The molecule has 1 amide bonds. The van der Waals surface area contributed by atoms with Gasteiger partial charge in [0.2, 0.25) is 0 Å². The number of aryl methyl sites for hydroxylation is 1. The Labute approximate surface area is 163 Å². The van der Waals surface area contributed by atoms with E-state index in [1.54, 1.807) is 23.1 Å². The Morgan fingerprint density at radius 2 is 2.19 bits per heavy atom. The van der Waals surface area contributed by atoms with Crippen molar-refractivity contribution in [2.24, 2.45) is 5.92 Å². The molecule has 0 radical (unpaired) electrons. The molecule has 1 aliphatic rings. The largest absolute Gasteiger partial charge is 0.374 e. The van der Waals surface area contributed by atoms with Crippen LogP contribution >= 0.6 is 23.1 Å². The maximum absolute atomic E-state index is 12.4. The van der Waals surface area contributed by atoms with Crippen LogP contribution in [0.15, 0.2) is 46.7 Å². The van der Waals surface area contributed by atoms with Crippen LogP contribution < -0.4 is 5.32 Å². The number of rotatable bonds is 7. The Balaban J connectivity index is 1.49. The summed E-state index contributed by atoms with van der Waals surface area (Å²) >= 11 is 3.40. The summed E-state index contributed by atoms with van der Waals surface area (Å²) < 4.78 is 5.69. The molecule has 6 heteroatoms. The molecule has 1 saturated heterocycles. The van der Waals surface area contributed by atoms with Crippen molar-refractivity contribution in [3.8, 4) is 0 Å². The first kappa shape index (κ1) is 19.1. The molecule has 0 unspecified atom stereocenters. The van der Waals surface area contributed by atoms with Crippen LogP contribution in [0.25, 0.3) is 0 Å². The number of thiazole rings is 1. The first-order valence-corrected chi connectivity index (χ1v) is 10.6. The summed E-state index contributed by atoms with van der Waals surface area (Å²) in [4.78, 5) is 18.0. The van der Waals surface area contributed by atoms with E-state index < -0.39 is 0 Å². The van der Waals surface area contributed by atoms with Gasteiger partial charge in [-0.15, -0.1) is 23.1 Å². The van der Waals surface area contributed by atoms with Gasteiger partial charge < -0.3 is 10.1 Å². The number of hydrogen-bond donors (Lipinski definition) is 1. The first-order chi connectivity index (χ1) is 12.5. The van der Waals surface area contributed by atoms with Gasteiger partial charge in [-0.2, -0.15) is 0 Å².